The highest BCUT2D eigenvalue weighted by Gasteiger charge is 2.26. The third-order valence-corrected chi connectivity index (χ3v) is 5.99. The van der Waals surface area contributed by atoms with E-state index in [-0.39, 0.29) is 17.7 Å². The minimum Gasteiger partial charge on any atom is -0.497 e. The van der Waals surface area contributed by atoms with E-state index in [1.54, 1.807) is 7.11 Å². The first kappa shape index (κ1) is 19.5. The lowest BCUT2D eigenvalue weighted by Crippen LogP contribution is -2.43. The molecule has 0 saturated carbocycles. The minimum atomic E-state index is 0.0696. The summed E-state index contributed by atoms with van der Waals surface area (Å²) in [5.41, 5.74) is 3.47. The molecule has 5 heteroatoms. The van der Waals surface area contributed by atoms with Gasteiger partial charge in [0, 0.05) is 41.5 Å². The zero-order chi connectivity index (χ0) is 20.2. The monoisotopic (exact) mass is 391 g/mol. The van der Waals surface area contributed by atoms with Gasteiger partial charge in [0.1, 0.15) is 5.75 Å². The number of ether oxygens (including phenoxy) is 1. The molecule has 3 N–H and O–H groups in total. The number of aromatic amines is 1. The van der Waals surface area contributed by atoms with Crippen LogP contribution in [0.25, 0.3) is 10.9 Å². The Kier molecular flexibility index (Phi) is 5.86. The lowest BCUT2D eigenvalue weighted by molar-refractivity contribution is -0.126. The predicted octanol–water partition coefficient (Wildman–Crippen LogP) is 3.81. The van der Waals surface area contributed by atoms with Crippen LogP contribution in [0.5, 0.6) is 5.75 Å². The first-order valence-electron chi connectivity index (χ1n) is 10.4. The van der Waals surface area contributed by atoms with Crippen molar-refractivity contribution in [3.8, 4) is 5.75 Å². The Balaban J connectivity index is 1.59. The molecule has 1 aromatic heterocycles. The van der Waals surface area contributed by atoms with Gasteiger partial charge < -0.3 is 20.4 Å². The number of H-pyrrole nitrogens is 1. The SMILES string of the molecule is COc1ccc(C(CNC(=O)[C@H]2CCN[C@@H](C)C2)c2c[nH]c3ccccc23)cc1. The summed E-state index contributed by atoms with van der Waals surface area (Å²) in [4.78, 5) is 16.2. The fraction of sp³-hybridized carbons (Fsp3) is 0.375. The lowest BCUT2D eigenvalue weighted by atomic mass is 9.89. The summed E-state index contributed by atoms with van der Waals surface area (Å²) in [5.74, 6) is 1.15. The summed E-state index contributed by atoms with van der Waals surface area (Å²) in [6, 6.07) is 16.8. The smallest absolute Gasteiger partial charge is 0.223 e. The van der Waals surface area contributed by atoms with Crippen molar-refractivity contribution in [1.29, 1.82) is 0 Å². The van der Waals surface area contributed by atoms with Crippen molar-refractivity contribution in [2.24, 2.45) is 5.92 Å². The van der Waals surface area contributed by atoms with E-state index >= 15 is 0 Å². The Bertz CT molecular complexity index is 964. The van der Waals surface area contributed by atoms with Crippen LogP contribution in [0.3, 0.4) is 0 Å². The maximum Gasteiger partial charge on any atom is 0.223 e. The molecule has 152 valence electrons. The molecule has 0 bridgehead atoms. The molecule has 2 aromatic carbocycles. The molecule has 3 atom stereocenters. The summed E-state index contributed by atoms with van der Waals surface area (Å²) in [5, 5.41) is 7.85. The van der Waals surface area contributed by atoms with Crippen LogP contribution in [0.15, 0.2) is 54.7 Å². The van der Waals surface area contributed by atoms with Gasteiger partial charge in [0.25, 0.3) is 0 Å². The zero-order valence-corrected chi connectivity index (χ0v) is 17.1. The molecule has 0 aliphatic carbocycles. The first-order valence-corrected chi connectivity index (χ1v) is 10.4. The molecule has 0 spiro atoms. The van der Waals surface area contributed by atoms with Crippen molar-refractivity contribution in [2.75, 3.05) is 20.2 Å². The number of piperidine rings is 1. The van der Waals surface area contributed by atoms with E-state index in [0.717, 1.165) is 36.2 Å². The van der Waals surface area contributed by atoms with E-state index in [9.17, 15) is 4.79 Å². The topological polar surface area (TPSA) is 66.2 Å². The highest BCUT2D eigenvalue weighted by Crippen LogP contribution is 2.31. The second kappa shape index (κ2) is 8.70. The van der Waals surface area contributed by atoms with Crippen LogP contribution in [0.2, 0.25) is 0 Å². The number of carbonyl (C=O) groups is 1. The van der Waals surface area contributed by atoms with E-state index in [1.165, 1.54) is 10.9 Å². The van der Waals surface area contributed by atoms with Gasteiger partial charge in [0.05, 0.1) is 7.11 Å². The zero-order valence-electron chi connectivity index (χ0n) is 17.1. The van der Waals surface area contributed by atoms with E-state index in [2.05, 4.69) is 59.1 Å². The Labute approximate surface area is 171 Å². The third kappa shape index (κ3) is 4.30. The molecule has 0 radical (unpaired) electrons. The third-order valence-electron chi connectivity index (χ3n) is 5.99. The second-order valence-corrected chi connectivity index (χ2v) is 7.94. The average Bonchev–Trinajstić information content (AvgIpc) is 3.18. The van der Waals surface area contributed by atoms with Gasteiger partial charge in [0.2, 0.25) is 5.91 Å². The number of hydrogen-bond acceptors (Lipinski definition) is 3. The standard InChI is InChI=1S/C24H29N3O2/c1-16-13-18(11-12-25-16)24(28)27-14-21(17-7-9-19(29-2)10-8-17)22-15-26-23-6-4-3-5-20(22)23/h3-10,15-16,18,21,25-26H,11-14H2,1-2H3,(H,27,28)/t16-,18-,21?/m0/s1. The maximum atomic E-state index is 12.8. The summed E-state index contributed by atoms with van der Waals surface area (Å²) >= 11 is 0. The van der Waals surface area contributed by atoms with Gasteiger partial charge >= 0.3 is 0 Å². The van der Waals surface area contributed by atoms with Gasteiger partial charge in [-0.15, -0.1) is 0 Å². The van der Waals surface area contributed by atoms with Crippen molar-refractivity contribution in [3.63, 3.8) is 0 Å². The normalized spacial score (nSPS) is 20.3. The number of methoxy groups -OCH3 is 1. The number of para-hydroxylation sites is 1. The fourth-order valence-electron chi connectivity index (χ4n) is 4.34. The molecule has 1 fully saturated rings. The predicted molar refractivity (Wildman–Crippen MR) is 116 cm³/mol. The van der Waals surface area contributed by atoms with Gasteiger partial charge in [-0.1, -0.05) is 30.3 Å². The van der Waals surface area contributed by atoms with Crippen LogP contribution in [-0.2, 0) is 4.79 Å². The molecule has 2 heterocycles. The van der Waals surface area contributed by atoms with Gasteiger partial charge in [0.15, 0.2) is 0 Å². The molecule has 4 rings (SSSR count). The van der Waals surface area contributed by atoms with Crippen LogP contribution in [0, 0.1) is 5.92 Å². The number of fused-ring (bicyclic) bond motifs is 1. The number of carbonyl (C=O) groups excluding carboxylic acids is 1. The Hall–Kier alpha value is -2.79. The van der Waals surface area contributed by atoms with Crippen molar-refractivity contribution < 1.29 is 9.53 Å². The fourth-order valence-corrected chi connectivity index (χ4v) is 4.34. The highest BCUT2D eigenvalue weighted by molar-refractivity contribution is 5.84. The van der Waals surface area contributed by atoms with Crippen molar-refractivity contribution in [1.82, 2.24) is 15.6 Å². The van der Waals surface area contributed by atoms with Crippen molar-refractivity contribution >= 4 is 16.8 Å². The maximum absolute atomic E-state index is 12.8. The summed E-state index contributed by atoms with van der Waals surface area (Å²) in [6.07, 6.45) is 3.86. The molecule has 3 aromatic rings. The molecule has 1 aliphatic rings. The molecule has 5 nitrogen and oxygen atoms in total. The van der Waals surface area contributed by atoms with E-state index in [4.69, 9.17) is 4.74 Å². The number of nitrogens with one attached hydrogen (secondary N) is 3. The van der Waals surface area contributed by atoms with E-state index in [0.29, 0.717) is 12.6 Å². The van der Waals surface area contributed by atoms with Crippen LogP contribution in [0.1, 0.15) is 36.8 Å². The Morgan fingerprint density at radius 3 is 2.76 bits per heavy atom. The largest absolute Gasteiger partial charge is 0.497 e. The summed E-state index contributed by atoms with van der Waals surface area (Å²) in [7, 11) is 1.67. The molecule has 1 aliphatic heterocycles. The minimum absolute atomic E-state index is 0.0696. The Morgan fingerprint density at radius 1 is 1.21 bits per heavy atom. The average molecular weight is 392 g/mol. The molecular weight excluding hydrogens is 362 g/mol. The molecule has 1 amide bonds. The quantitative estimate of drug-likeness (QED) is 0.599. The first-order chi connectivity index (χ1) is 14.2. The van der Waals surface area contributed by atoms with Crippen LogP contribution in [0.4, 0.5) is 0 Å². The highest BCUT2D eigenvalue weighted by atomic mass is 16.5. The summed E-state index contributed by atoms with van der Waals surface area (Å²) < 4.78 is 5.32. The number of amides is 1. The van der Waals surface area contributed by atoms with Crippen molar-refractivity contribution in [2.45, 2.75) is 31.7 Å². The number of hydrogen-bond donors (Lipinski definition) is 3. The molecule has 1 unspecified atom stereocenters. The molecule has 29 heavy (non-hydrogen) atoms. The second-order valence-electron chi connectivity index (χ2n) is 7.94. The van der Waals surface area contributed by atoms with E-state index in [1.807, 2.05) is 18.2 Å². The van der Waals surface area contributed by atoms with Crippen molar-refractivity contribution in [3.05, 3.63) is 65.9 Å². The van der Waals surface area contributed by atoms with Gasteiger partial charge in [-0.25, -0.2) is 0 Å². The number of benzene rings is 2. The van der Waals surface area contributed by atoms with E-state index < -0.39 is 0 Å². The number of rotatable bonds is 6. The van der Waals surface area contributed by atoms with Crippen LogP contribution >= 0.6 is 0 Å². The van der Waals surface area contributed by atoms with Crippen LogP contribution in [-0.4, -0.2) is 37.1 Å². The summed E-state index contributed by atoms with van der Waals surface area (Å²) in [6.45, 7) is 3.63. The molecular formula is C24H29N3O2. The van der Waals surface area contributed by atoms with Gasteiger partial charge in [-0.05, 0) is 55.6 Å². The number of aromatic nitrogens is 1. The van der Waals surface area contributed by atoms with Gasteiger partial charge in [-0.3, -0.25) is 4.79 Å². The van der Waals surface area contributed by atoms with Crippen LogP contribution < -0.4 is 15.4 Å². The van der Waals surface area contributed by atoms with Gasteiger partial charge in [-0.2, -0.15) is 0 Å². The lowest BCUT2D eigenvalue weighted by Gasteiger charge is -2.28. The molecule has 1 saturated heterocycles. The Morgan fingerprint density at radius 2 is 2.00 bits per heavy atom.